The van der Waals surface area contributed by atoms with Crippen LogP contribution in [0.4, 0.5) is 0 Å². The molecule has 0 bridgehead atoms. The molecule has 0 aliphatic carbocycles. The summed E-state index contributed by atoms with van der Waals surface area (Å²) in [6, 6.07) is 8.17. The minimum Gasteiger partial charge on any atom is -0.355 e. The van der Waals surface area contributed by atoms with E-state index in [9.17, 15) is 4.79 Å². The molecule has 1 N–H and O–H groups in total. The van der Waals surface area contributed by atoms with Gasteiger partial charge >= 0.3 is 0 Å². The second kappa shape index (κ2) is 7.51. The third-order valence-electron chi connectivity index (χ3n) is 4.51. The lowest BCUT2D eigenvalue weighted by Gasteiger charge is -2.39. The first kappa shape index (κ1) is 16.5. The maximum absolute atomic E-state index is 11.9. The highest BCUT2D eigenvalue weighted by Gasteiger charge is 2.26. The van der Waals surface area contributed by atoms with E-state index >= 15 is 0 Å². The van der Waals surface area contributed by atoms with Crippen molar-refractivity contribution in [2.45, 2.75) is 12.6 Å². The van der Waals surface area contributed by atoms with Crippen LogP contribution in [0.2, 0.25) is 0 Å². The highest BCUT2D eigenvalue weighted by molar-refractivity contribution is 5.94. The summed E-state index contributed by atoms with van der Waals surface area (Å²) in [5.74, 6) is -0.0476. The Bertz CT molecular complexity index is 691. The molecular weight excluding hydrogens is 302 g/mol. The number of carbonyl (C=O) groups is 1. The molecular formula is C18H23N5O. The number of hydrogen-bond donors (Lipinski definition) is 1. The number of aromatic nitrogens is 2. The molecule has 1 amide bonds. The van der Waals surface area contributed by atoms with Crippen LogP contribution in [-0.2, 0) is 6.54 Å². The molecule has 6 heteroatoms. The molecule has 1 saturated heterocycles. The number of piperazine rings is 1. The van der Waals surface area contributed by atoms with E-state index < -0.39 is 0 Å². The number of hydrogen-bond acceptors (Lipinski definition) is 5. The van der Waals surface area contributed by atoms with Gasteiger partial charge in [-0.1, -0.05) is 12.1 Å². The van der Waals surface area contributed by atoms with Crippen molar-refractivity contribution in [2.24, 2.45) is 0 Å². The Hall–Kier alpha value is -2.31. The third-order valence-corrected chi connectivity index (χ3v) is 4.51. The Morgan fingerprint density at radius 3 is 2.83 bits per heavy atom. The molecule has 1 aromatic heterocycles. The highest BCUT2D eigenvalue weighted by atomic mass is 16.1. The fourth-order valence-corrected chi connectivity index (χ4v) is 3.14. The molecule has 1 atom stereocenters. The van der Waals surface area contributed by atoms with Crippen molar-refractivity contribution in [3.8, 4) is 0 Å². The van der Waals surface area contributed by atoms with Gasteiger partial charge in [-0.2, -0.15) is 0 Å². The van der Waals surface area contributed by atoms with E-state index in [1.165, 1.54) is 5.56 Å². The SMILES string of the molecule is CNC(=O)c1cccc([C@H]2CN(Cc3cncnc3)CCN2C)c1. The van der Waals surface area contributed by atoms with Gasteiger partial charge in [0.1, 0.15) is 6.33 Å². The van der Waals surface area contributed by atoms with Crippen LogP contribution in [0.1, 0.15) is 27.5 Å². The lowest BCUT2D eigenvalue weighted by molar-refractivity contribution is 0.0899. The molecule has 0 radical (unpaired) electrons. The average molecular weight is 325 g/mol. The van der Waals surface area contributed by atoms with E-state index in [1.807, 2.05) is 30.6 Å². The minimum absolute atomic E-state index is 0.0476. The Balaban J connectivity index is 1.75. The van der Waals surface area contributed by atoms with E-state index in [-0.39, 0.29) is 11.9 Å². The summed E-state index contributed by atoms with van der Waals surface area (Å²) >= 11 is 0. The molecule has 1 aliphatic rings. The van der Waals surface area contributed by atoms with Crippen molar-refractivity contribution in [3.05, 3.63) is 59.7 Å². The van der Waals surface area contributed by atoms with Gasteiger partial charge in [-0.3, -0.25) is 14.6 Å². The van der Waals surface area contributed by atoms with Gasteiger partial charge in [0.05, 0.1) is 0 Å². The maximum atomic E-state index is 11.9. The lowest BCUT2D eigenvalue weighted by Crippen LogP contribution is -2.46. The van der Waals surface area contributed by atoms with E-state index in [2.05, 4.69) is 38.2 Å². The van der Waals surface area contributed by atoms with Crippen LogP contribution in [0.25, 0.3) is 0 Å². The van der Waals surface area contributed by atoms with Crippen LogP contribution >= 0.6 is 0 Å². The van der Waals surface area contributed by atoms with Crippen LogP contribution in [0, 0.1) is 0 Å². The smallest absolute Gasteiger partial charge is 0.251 e. The third kappa shape index (κ3) is 3.77. The molecule has 126 valence electrons. The van der Waals surface area contributed by atoms with Gasteiger partial charge in [0.2, 0.25) is 0 Å². The van der Waals surface area contributed by atoms with E-state index in [4.69, 9.17) is 0 Å². The Kier molecular flexibility index (Phi) is 5.17. The van der Waals surface area contributed by atoms with Crippen molar-refractivity contribution in [2.75, 3.05) is 33.7 Å². The number of nitrogens with one attached hydrogen (secondary N) is 1. The summed E-state index contributed by atoms with van der Waals surface area (Å²) in [6.45, 7) is 3.77. The molecule has 6 nitrogen and oxygen atoms in total. The summed E-state index contributed by atoms with van der Waals surface area (Å²) in [5, 5.41) is 2.69. The molecule has 1 fully saturated rings. The van der Waals surface area contributed by atoms with Gasteiger partial charge in [-0.25, -0.2) is 9.97 Å². The normalized spacial score (nSPS) is 19.2. The van der Waals surface area contributed by atoms with Crippen molar-refractivity contribution in [1.29, 1.82) is 0 Å². The number of amides is 1. The highest BCUT2D eigenvalue weighted by Crippen LogP contribution is 2.25. The van der Waals surface area contributed by atoms with Crippen LogP contribution in [0.3, 0.4) is 0 Å². The molecule has 2 aromatic rings. The number of likely N-dealkylation sites (N-methyl/N-ethyl adjacent to an activating group) is 1. The summed E-state index contributed by atoms with van der Waals surface area (Å²) in [5.41, 5.74) is 3.00. The van der Waals surface area contributed by atoms with E-state index in [0.29, 0.717) is 5.56 Å². The Morgan fingerprint density at radius 2 is 2.08 bits per heavy atom. The molecule has 0 unspecified atom stereocenters. The van der Waals surface area contributed by atoms with Crippen LogP contribution < -0.4 is 5.32 Å². The second-order valence-electron chi connectivity index (χ2n) is 6.18. The van der Waals surface area contributed by atoms with Gasteiger partial charge < -0.3 is 5.32 Å². The van der Waals surface area contributed by atoms with Crippen molar-refractivity contribution < 1.29 is 4.79 Å². The van der Waals surface area contributed by atoms with Gasteiger partial charge in [0.15, 0.2) is 0 Å². The lowest BCUT2D eigenvalue weighted by atomic mass is 10.00. The Labute approximate surface area is 142 Å². The first-order chi connectivity index (χ1) is 11.7. The monoisotopic (exact) mass is 325 g/mol. The largest absolute Gasteiger partial charge is 0.355 e. The van der Waals surface area contributed by atoms with Crippen molar-refractivity contribution in [1.82, 2.24) is 25.1 Å². The van der Waals surface area contributed by atoms with Crippen LogP contribution in [0.5, 0.6) is 0 Å². The van der Waals surface area contributed by atoms with Crippen molar-refractivity contribution >= 4 is 5.91 Å². The summed E-state index contributed by atoms with van der Waals surface area (Å²) in [7, 11) is 3.80. The van der Waals surface area contributed by atoms with Gasteiger partial charge in [-0.05, 0) is 24.7 Å². The van der Waals surface area contributed by atoms with Crippen LogP contribution in [0.15, 0.2) is 43.0 Å². The van der Waals surface area contributed by atoms with Gasteiger partial charge in [0.25, 0.3) is 5.91 Å². The van der Waals surface area contributed by atoms with E-state index in [0.717, 1.165) is 31.7 Å². The minimum atomic E-state index is -0.0476. The first-order valence-electron chi connectivity index (χ1n) is 8.16. The summed E-state index contributed by atoms with van der Waals surface area (Å²) in [4.78, 5) is 24.8. The molecule has 0 saturated carbocycles. The number of benzene rings is 1. The summed E-state index contributed by atoms with van der Waals surface area (Å²) < 4.78 is 0. The molecule has 24 heavy (non-hydrogen) atoms. The fourth-order valence-electron chi connectivity index (χ4n) is 3.14. The molecule has 1 aliphatic heterocycles. The molecule has 1 aromatic carbocycles. The fraction of sp³-hybridized carbons (Fsp3) is 0.389. The number of rotatable bonds is 4. The maximum Gasteiger partial charge on any atom is 0.251 e. The molecule has 0 spiro atoms. The van der Waals surface area contributed by atoms with Crippen molar-refractivity contribution in [3.63, 3.8) is 0 Å². The summed E-state index contributed by atoms with van der Waals surface area (Å²) in [6.07, 6.45) is 5.29. The topological polar surface area (TPSA) is 61.4 Å². The molecule has 3 rings (SSSR count). The van der Waals surface area contributed by atoms with E-state index in [1.54, 1.807) is 13.4 Å². The number of carbonyl (C=O) groups excluding carboxylic acids is 1. The zero-order valence-corrected chi connectivity index (χ0v) is 14.1. The quantitative estimate of drug-likeness (QED) is 0.919. The zero-order chi connectivity index (χ0) is 16.9. The average Bonchev–Trinajstić information content (AvgIpc) is 2.63. The first-order valence-corrected chi connectivity index (χ1v) is 8.16. The predicted molar refractivity (Wildman–Crippen MR) is 92.5 cm³/mol. The number of nitrogens with zero attached hydrogens (tertiary/aromatic N) is 4. The van der Waals surface area contributed by atoms with Crippen LogP contribution in [-0.4, -0.2) is 59.4 Å². The zero-order valence-electron chi connectivity index (χ0n) is 14.1. The standard InChI is InChI=1S/C18H23N5O/c1-19-18(24)16-5-3-4-15(8-16)17-12-23(7-6-22(17)2)11-14-9-20-13-21-10-14/h3-5,8-10,13,17H,6-7,11-12H2,1-2H3,(H,19,24)/t17-/m1/s1. The van der Waals surface area contributed by atoms with Gasteiger partial charge in [0, 0.05) is 62.8 Å². The molecule has 2 heterocycles. The van der Waals surface area contributed by atoms with Gasteiger partial charge in [-0.15, -0.1) is 0 Å². The second-order valence-corrected chi connectivity index (χ2v) is 6.18. The Morgan fingerprint density at radius 1 is 1.29 bits per heavy atom. The predicted octanol–water partition coefficient (Wildman–Crippen LogP) is 1.32.